The van der Waals surface area contributed by atoms with Gasteiger partial charge in [-0.3, -0.25) is 10.9 Å². The van der Waals surface area contributed by atoms with Gasteiger partial charge in [-0.1, -0.05) is 89.8 Å². The molecule has 8 heterocycles. The third kappa shape index (κ3) is 3.80. The molecule has 2 aromatic carbocycles. The van der Waals surface area contributed by atoms with Crippen LogP contribution in [0, 0.1) is 35.5 Å². The molecule has 0 aromatic heterocycles. The van der Waals surface area contributed by atoms with Crippen molar-refractivity contribution in [2.24, 2.45) is 35.5 Å². The zero-order chi connectivity index (χ0) is 36.2. The number of fused-ring (bicyclic) bond motifs is 14. The second-order valence-corrected chi connectivity index (χ2v) is 21.8. The van der Waals surface area contributed by atoms with Crippen molar-refractivity contribution in [2.75, 3.05) is 4.90 Å². The summed E-state index contributed by atoms with van der Waals surface area (Å²) in [4.78, 5) is 2.93. The lowest BCUT2D eigenvalue weighted by molar-refractivity contribution is -0.118. The van der Waals surface area contributed by atoms with Crippen molar-refractivity contribution in [1.29, 1.82) is 0 Å². The Labute approximate surface area is 324 Å². The summed E-state index contributed by atoms with van der Waals surface area (Å²) in [7, 11) is 0. The Bertz CT molecular complexity index is 1750. The molecule has 3 saturated carbocycles. The predicted molar refractivity (Wildman–Crippen MR) is 218 cm³/mol. The maximum absolute atomic E-state index is 4.66. The molecule has 13 rings (SSSR count). The highest BCUT2D eigenvalue weighted by Gasteiger charge is 2.78. The molecule has 3 aliphatic carbocycles. The average molecular weight is 726 g/mol. The fourth-order valence-corrected chi connectivity index (χ4v) is 17.9. The summed E-state index contributed by atoms with van der Waals surface area (Å²) >= 11 is 0. The lowest BCUT2D eigenvalue weighted by atomic mass is 9.20. The molecule has 9 fully saturated rings. The molecule has 2 aromatic rings. The minimum atomic E-state index is 0.0173. The number of nitrogens with one attached hydrogen (secondary N) is 4. The third-order valence-electron chi connectivity index (χ3n) is 19.3. The van der Waals surface area contributed by atoms with E-state index in [0.29, 0.717) is 90.6 Å². The van der Waals surface area contributed by atoms with Gasteiger partial charge in [0.15, 0.2) is 6.71 Å². The standard InChI is InChI=1S/C46H64BN7/c1-23-33-25-15-7-11-19-29(25)48-43-38(33)53(50-23)41-35-40-36(42-37(41)47(43)44-39-34(24(2)51-54(39)42)26-16-8-12-20-30(26)49-44)46(5,6)28-18-10-14-22-32(28)52(40)31-21-13-9-17-27(31)45(35,3)4/h9-10,13-14,17-18,21-26,29-30,33-44,48-51H,7-8,11-12,15-16,19-20H2,1-6H3. The van der Waals surface area contributed by atoms with Crippen LogP contribution in [0.25, 0.3) is 0 Å². The lowest BCUT2D eigenvalue weighted by Crippen LogP contribution is -2.89. The van der Waals surface area contributed by atoms with E-state index < -0.39 is 0 Å². The molecule has 0 radical (unpaired) electrons. The first kappa shape index (κ1) is 33.1. The van der Waals surface area contributed by atoms with Crippen LogP contribution in [0.2, 0.25) is 5.82 Å². The van der Waals surface area contributed by atoms with E-state index in [9.17, 15) is 0 Å². The average Bonchev–Trinajstić information content (AvgIpc) is 3.71. The van der Waals surface area contributed by atoms with Gasteiger partial charge < -0.3 is 15.5 Å². The quantitative estimate of drug-likeness (QED) is 0.243. The van der Waals surface area contributed by atoms with Gasteiger partial charge in [0.1, 0.15) is 0 Å². The summed E-state index contributed by atoms with van der Waals surface area (Å²) in [5.74, 6) is 5.58. The van der Waals surface area contributed by atoms with Gasteiger partial charge in [0.2, 0.25) is 0 Å². The van der Waals surface area contributed by atoms with E-state index in [-0.39, 0.29) is 10.8 Å². The smallest absolute Gasteiger partial charge is 0.190 e. The predicted octanol–water partition coefficient (Wildman–Crippen LogP) is 6.18. The number of hydrazine groups is 2. The second kappa shape index (κ2) is 11.0. The maximum atomic E-state index is 4.66. The molecule has 0 amide bonds. The van der Waals surface area contributed by atoms with Crippen LogP contribution in [0.3, 0.4) is 0 Å². The first-order valence-electron chi connectivity index (χ1n) is 22.8. The number of hydrogen-bond acceptors (Lipinski definition) is 7. The van der Waals surface area contributed by atoms with Crippen molar-refractivity contribution >= 4 is 18.1 Å². The molecule has 8 heteroatoms. The van der Waals surface area contributed by atoms with E-state index in [1.807, 2.05) is 0 Å². The first-order chi connectivity index (χ1) is 26.2. The zero-order valence-electron chi connectivity index (χ0n) is 33.6. The van der Waals surface area contributed by atoms with Crippen molar-refractivity contribution in [3.8, 4) is 0 Å². The minimum absolute atomic E-state index is 0.0173. The highest BCUT2D eigenvalue weighted by molar-refractivity contribution is 6.65. The minimum Gasteiger partial charge on any atom is -0.337 e. The highest BCUT2D eigenvalue weighted by Crippen LogP contribution is 2.69. The largest absolute Gasteiger partial charge is 0.337 e. The SMILES string of the molecule is CC1NN2C3C(NC4CCCCC4C13)B1C3NC4CCCCC4C4C(C)NN(C34)C3C1C2C1C2C3C(C)(C)c3ccccc3N2c2ccccc2C1(C)C. The molecular formula is C46H64BN7. The number of hydrogen-bond donors (Lipinski definition) is 4. The Balaban J connectivity index is 1.09. The molecule has 7 nitrogen and oxygen atoms in total. The van der Waals surface area contributed by atoms with Crippen LogP contribution in [-0.2, 0) is 10.8 Å². The summed E-state index contributed by atoms with van der Waals surface area (Å²) < 4.78 is 0. The van der Waals surface area contributed by atoms with Crippen molar-refractivity contribution in [3.63, 3.8) is 0 Å². The van der Waals surface area contributed by atoms with Crippen molar-refractivity contribution in [2.45, 2.75) is 176 Å². The second-order valence-electron chi connectivity index (χ2n) is 21.8. The van der Waals surface area contributed by atoms with Gasteiger partial charge in [-0.05, 0) is 103 Å². The molecule has 6 saturated heterocycles. The van der Waals surface area contributed by atoms with Crippen LogP contribution in [0.15, 0.2) is 48.5 Å². The van der Waals surface area contributed by atoms with Gasteiger partial charge in [-0.15, -0.1) is 0 Å². The Morgan fingerprint density at radius 2 is 1.02 bits per heavy atom. The van der Waals surface area contributed by atoms with Crippen LogP contribution in [-0.4, -0.2) is 83.0 Å². The molecule has 16 atom stereocenters. The van der Waals surface area contributed by atoms with Crippen molar-refractivity contribution in [3.05, 3.63) is 59.7 Å². The van der Waals surface area contributed by atoms with Crippen LogP contribution in [0.5, 0.6) is 0 Å². The molecule has 286 valence electrons. The number of para-hydroxylation sites is 2. The van der Waals surface area contributed by atoms with Crippen LogP contribution >= 0.6 is 0 Å². The van der Waals surface area contributed by atoms with Gasteiger partial charge in [0.25, 0.3) is 0 Å². The van der Waals surface area contributed by atoms with E-state index in [1.54, 1.807) is 11.1 Å². The summed E-state index contributed by atoms with van der Waals surface area (Å²) in [5, 5.41) is 15.4. The molecule has 8 aliphatic heterocycles. The summed E-state index contributed by atoms with van der Waals surface area (Å²) in [6.45, 7) is 16.4. The highest BCUT2D eigenvalue weighted by atomic mass is 15.6. The fourth-order valence-electron chi connectivity index (χ4n) is 17.9. The lowest BCUT2D eigenvalue weighted by Gasteiger charge is -2.75. The third-order valence-corrected chi connectivity index (χ3v) is 19.3. The van der Waals surface area contributed by atoms with E-state index in [0.717, 1.165) is 23.7 Å². The van der Waals surface area contributed by atoms with E-state index in [2.05, 4.69) is 126 Å². The van der Waals surface area contributed by atoms with Crippen LogP contribution < -0.4 is 26.4 Å². The van der Waals surface area contributed by atoms with Gasteiger partial charge in [0, 0.05) is 89.5 Å². The topological polar surface area (TPSA) is 57.8 Å². The number of piperidine rings is 2. The van der Waals surface area contributed by atoms with Gasteiger partial charge in [0.05, 0.1) is 0 Å². The maximum Gasteiger partial charge on any atom is 0.190 e. The summed E-state index contributed by atoms with van der Waals surface area (Å²) in [6, 6.07) is 24.1. The van der Waals surface area contributed by atoms with Crippen LogP contribution in [0.4, 0.5) is 11.4 Å². The normalized spacial score (nSPS) is 51.1. The van der Waals surface area contributed by atoms with Crippen molar-refractivity contribution in [1.82, 2.24) is 31.5 Å². The summed E-state index contributed by atoms with van der Waals surface area (Å²) in [5.41, 5.74) is 14.9. The Kier molecular flexibility index (Phi) is 6.71. The molecule has 4 N–H and O–H groups in total. The molecule has 0 spiro atoms. The number of anilines is 2. The Hall–Kier alpha value is -1.94. The molecule has 54 heavy (non-hydrogen) atoms. The Morgan fingerprint density at radius 3 is 1.50 bits per heavy atom. The van der Waals surface area contributed by atoms with E-state index >= 15 is 0 Å². The van der Waals surface area contributed by atoms with Crippen molar-refractivity contribution < 1.29 is 0 Å². The fraction of sp³-hybridized carbons (Fsp3) is 0.739. The van der Waals surface area contributed by atoms with Gasteiger partial charge >= 0.3 is 0 Å². The number of rotatable bonds is 0. The molecule has 0 bridgehead atoms. The van der Waals surface area contributed by atoms with E-state index in [4.69, 9.17) is 0 Å². The monoisotopic (exact) mass is 726 g/mol. The van der Waals surface area contributed by atoms with E-state index in [1.165, 1.54) is 62.7 Å². The number of nitrogens with zero attached hydrogens (tertiary/aromatic N) is 3. The zero-order valence-corrected chi connectivity index (χ0v) is 33.6. The molecule has 11 aliphatic rings. The molecule has 16 unspecified atom stereocenters. The van der Waals surface area contributed by atoms with Gasteiger partial charge in [-0.2, -0.15) is 0 Å². The Morgan fingerprint density at radius 1 is 0.574 bits per heavy atom. The summed E-state index contributed by atoms with van der Waals surface area (Å²) in [6.07, 6.45) is 11.2. The molecular weight excluding hydrogens is 661 g/mol. The van der Waals surface area contributed by atoms with Gasteiger partial charge in [-0.25, -0.2) is 10.0 Å². The number of benzene rings is 2. The van der Waals surface area contributed by atoms with Crippen LogP contribution in [0.1, 0.15) is 104 Å². The first-order valence-corrected chi connectivity index (χ1v) is 22.8.